The van der Waals surface area contributed by atoms with E-state index in [4.69, 9.17) is 0 Å². The molecule has 5 nitrogen and oxygen atoms in total. The molecule has 0 bridgehead atoms. The van der Waals surface area contributed by atoms with Crippen molar-refractivity contribution in [2.75, 3.05) is 0 Å². The second-order valence-corrected chi connectivity index (χ2v) is 8.43. The SMILES string of the molecule is CC(C)(C)C1CCC(=NNC(=O)CC(=O)NC2CCCCC2)CC1. The van der Waals surface area contributed by atoms with Crippen molar-refractivity contribution in [2.24, 2.45) is 16.4 Å². The predicted octanol–water partition coefficient (Wildman–Crippen LogP) is 3.53. The molecule has 0 aromatic rings. The number of nitrogens with one attached hydrogen (secondary N) is 2. The van der Waals surface area contributed by atoms with Gasteiger partial charge in [0.15, 0.2) is 0 Å². The first-order valence-corrected chi connectivity index (χ1v) is 9.48. The van der Waals surface area contributed by atoms with Crippen molar-refractivity contribution in [3.8, 4) is 0 Å². The van der Waals surface area contributed by atoms with Gasteiger partial charge in [0.1, 0.15) is 6.42 Å². The summed E-state index contributed by atoms with van der Waals surface area (Å²) in [5.74, 6) is 0.221. The molecule has 2 amide bonds. The van der Waals surface area contributed by atoms with E-state index < -0.39 is 0 Å². The normalized spacial score (nSPS) is 22.8. The number of hydrazone groups is 1. The van der Waals surface area contributed by atoms with Crippen LogP contribution in [0.3, 0.4) is 0 Å². The summed E-state index contributed by atoms with van der Waals surface area (Å²) >= 11 is 0. The molecule has 0 heterocycles. The first-order valence-electron chi connectivity index (χ1n) is 9.48. The molecule has 0 aromatic heterocycles. The van der Waals surface area contributed by atoms with Crippen molar-refractivity contribution in [2.45, 2.75) is 91.0 Å². The van der Waals surface area contributed by atoms with Gasteiger partial charge < -0.3 is 5.32 Å². The van der Waals surface area contributed by atoms with Crippen LogP contribution in [0.4, 0.5) is 0 Å². The van der Waals surface area contributed by atoms with Crippen LogP contribution >= 0.6 is 0 Å². The number of hydrogen-bond acceptors (Lipinski definition) is 3. The molecule has 0 radical (unpaired) electrons. The highest BCUT2D eigenvalue weighted by atomic mass is 16.2. The molecule has 0 spiro atoms. The molecular formula is C19H33N3O2. The van der Waals surface area contributed by atoms with Crippen molar-refractivity contribution in [1.29, 1.82) is 0 Å². The highest BCUT2D eigenvalue weighted by molar-refractivity contribution is 5.97. The molecule has 2 rings (SSSR count). The third-order valence-electron chi connectivity index (χ3n) is 5.42. The van der Waals surface area contributed by atoms with Gasteiger partial charge in [0.05, 0.1) is 0 Å². The number of nitrogens with zero attached hydrogens (tertiary/aromatic N) is 1. The lowest BCUT2D eigenvalue weighted by molar-refractivity contribution is -0.129. The Labute approximate surface area is 146 Å². The lowest BCUT2D eigenvalue weighted by Gasteiger charge is -2.34. The van der Waals surface area contributed by atoms with E-state index in [1.54, 1.807) is 0 Å². The maximum atomic E-state index is 11.9. The fourth-order valence-corrected chi connectivity index (χ4v) is 3.78. The predicted molar refractivity (Wildman–Crippen MR) is 96.6 cm³/mol. The van der Waals surface area contributed by atoms with E-state index in [1.807, 2.05) is 0 Å². The second kappa shape index (κ2) is 8.63. The first-order chi connectivity index (χ1) is 11.3. The lowest BCUT2D eigenvalue weighted by Crippen LogP contribution is -2.38. The third-order valence-corrected chi connectivity index (χ3v) is 5.42. The van der Waals surface area contributed by atoms with Crippen molar-refractivity contribution < 1.29 is 9.59 Å². The average Bonchev–Trinajstić information content (AvgIpc) is 2.53. The summed E-state index contributed by atoms with van der Waals surface area (Å²) in [6, 6.07) is 0.248. The van der Waals surface area contributed by atoms with Crippen molar-refractivity contribution in [3.05, 3.63) is 0 Å². The smallest absolute Gasteiger partial charge is 0.249 e. The maximum Gasteiger partial charge on any atom is 0.249 e. The molecule has 2 aliphatic carbocycles. The number of amides is 2. The lowest BCUT2D eigenvalue weighted by atomic mass is 9.72. The van der Waals surface area contributed by atoms with E-state index >= 15 is 0 Å². The van der Waals surface area contributed by atoms with E-state index in [1.165, 1.54) is 19.3 Å². The van der Waals surface area contributed by atoms with E-state index in [-0.39, 0.29) is 24.3 Å². The zero-order chi connectivity index (χ0) is 17.6. The zero-order valence-corrected chi connectivity index (χ0v) is 15.5. The topological polar surface area (TPSA) is 70.6 Å². The van der Waals surface area contributed by atoms with Crippen molar-refractivity contribution >= 4 is 17.5 Å². The summed E-state index contributed by atoms with van der Waals surface area (Å²) in [5.41, 5.74) is 3.95. The van der Waals surface area contributed by atoms with Gasteiger partial charge in [0.25, 0.3) is 0 Å². The molecular weight excluding hydrogens is 302 g/mol. The quantitative estimate of drug-likeness (QED) is 0.609. The minimum atomic E-state index is -0.311. The molecule has 0 aromatic carbocycles. The monoisotopic (exact) mass is 335 g/mol. The van der Waals surface area contributed by atoms with Gasteiger partial charge in [-0.15, -0.1) is 0 Å². The van der Waals surface area contributed by atoms with Gasteiger partial charge in [-0.1, -0.05) is 40.0 Å². The summed E-state index contributed by atoms with van der Waals surface area (Å²) in [7, 11) is 0. The molecule has 0 aliphatic heterocycles. The molecule has 2 fully saturated rings. The van der Waals surface area contributed by atoms with Gasteiger partial charge in [-0.3, -0.25) is 9.59 Å². The van der Waals surface area contributed by atoms with Crippen LogP contribution in [0.15, 0.2) is 5.10 Å². The average molecular weight is 335 g/mol. The Bertz CT molecular complexity index is 463. The van der Waals surface area contributed by atoms with Crippen LogP contribution in [-0.4, -0.2) is 23.6 Å². The standard InChI is InChI=1S/C19H33N3O2/c1-19(2,3)14-9-11-16(12-10-14)21-22-18(24)13-17(23)20-15-7-5-4-6-8-15/h14-15H,4-13H2,1-3H3,(H,20,23)(H,22,24). The molecule has 136 valence electrons. The Balaban J connectivity index is 1.68. The van der Waals surface area contributed by atoms with E-state index in [0.29, 0.717) is 11.3 Å². The second-order valence-electron chi connectivity index (χ2n) is 8.43. The van der Waals surface area contributed by atoms with Gasteiger partial charge in [-0.2, -0.15) is 5.10 Å². The fourth-order valence-electron chi connectivity index (χ4n) is 3.78. The van der Waals surface area contributed by atoms with Crippen LogP contribution in [0.2, 0.25) is 0 Å². The Morgan fingerprint density at radius 2 is 1.62 bits per heavy atom. The summed E-state index contributed by atoms with van der Waals surface area (Å²) in [4.78, 5) is 23.8. The largest absolute Gasteiger partial charge is 0.353 e. The van der Waals surface area contributed by atoms with Crippen LogP contribution in [0.1, 0.15) is 85.0 Å². The molecule has 5 heteroatoms. The first kappa shape index (κ1) is 18.9. The molecule has 0 saturated heterocycles. The van der Waals surface area contributed by atoms with Crippen LogP contribution in [0.25, 0.3) is 0 Å². The Kier molecular flexibility index (Phi) is 6.81. The zero-order valence-electron chi connectivity index (χ0n) is 15.5. The van der Waals surface area contributed by atoms with Crippen LogP contribution in [0.5, 0.6) is 0 Å². The van der Waals surface area contributed by atoms with Crippen LogP contribution < -0.4 is 10.7 Å². The number of hydrogen-bond donors (Lipinski definition) is 2. The van der Waals surface area contributed by atoms with E-state index in [0.717, 1.165) is 44.2 Å². The van der Waals surface area contributed by atoms with E-state index in [2.05, 4.69) is 36.6 Å². The van der Waals surface area contributed by atoms with Gasteiger partial charge in [-0.25, -0.2) is 5.43 Å². The van der Waals surface area contributed by atoms with Crippen LogP contribution in [-0.2, 0) is 9.59 Å². The van der Waals surface area contributed by atoms with Gasteiger partial charge >= 0.3 is 0 Å². The maximum absolute atomic E-state index is 11.9. The summed E-state index contributed by atoms with van der Waals surface area (Å²) in [6.45, 7) is 6.85. The van der Waals surface area contributed by atoms with Crippen molar-refractivity contribution in [1.82, 2.24) is 10.7 Å². The number of carbonyl (C=O) groups is 2. The van der Waals surface area contributed by atoms with Crippen LogP contribution in [0, 0.1) is 11.3 Å². The molecule has 24 heavy (non-hydrogen) atoms. The van der Waals surface area contributed by atoms with E-state index in [9.17, 15) is 9.59 Å². The molecule has 2 N–H and O–H groups in total. The number of rotatable bonds is 4. The Hall–Kier alpha value is -1.39. The van der Waals surface area contributed by atoms with Gasteiger partial charge in [0.2, 0.25) is 11.8 Å². The molecule has 0 unspecified atom stereocenters. The summed E-state index contributed by atoms with van der Waals surface area (Å²) in [6.07, 6.45) is 9.65. The van der Waals surface area contributed by atoms with Crippen molar-refractivity contribution in [3.63, 3.8) is 0 Å². The summed E-state index contributed by atoms with van der Waals surface area (Å²) in [5, 5.41) is 7.20. The van der Waals surface area contributed by atoms with Gasteiger partial charge in [0, 0.05) is 11.8 Å². The molecule has 0 atom stereocenters. The van der Waals surface area contributed by atoms with Gasteiger partial charge in [-0.05, 0) is 49.9 Å². The molecule has 2 aliphatic rings. The highest BCUT2D eigenvalue weighted by Gasteiger charge is 2.28. The Morgan fingerprint density at radius 3 is 2.21 bits per heavy atom. The number of carbonyl (C=O) groups excluding carboxylic acids is 2. The minimum absolute atomic E-state index is 0.127. The third kappa shape index (κ3) is 6.25. The fraction of sp³-hybridized carbons (Fsp3) is 0.842. The minimum Gasteiger partial charge on any atom is -0.353 e. The highest BCUT2D eigenvalue weighted by Crippen LogP contribution is 2.36. The Morgan fingerprint density at radius 1 is 1.00 bits per heavy atom. The molecule has 2 saturated carbocycles. The summed E-state index contributed by atoms with van der Waals surface area (Å²) < 4.78 is 0.